The van der Waals surface area contributed by atoms with Crippen molar-refractivity contribution in [2.45, 2.75) is 31.1 Å². The molecule has 6 nitrogen and oxygen atoms in total. The van der Waals surface area contributed by atoms with Crippen LogP contribution in [-0.4, -0.2) is 56.3 Å². The third kappa shape index (κ3) is 5.53. The van der Waals surface area contributed by atoms with Crippen molar-refractivity contribution in [2.75, 3.05) is 32.8 Å². The van der Waals surface area contributed by atoms with E-state index in [0.717, 1.165) is 12.0 Å². The minimum Gasteiger partial charge on any atom is -0.492 e. The zero-order valence-electron chi connectivity index (χ0n) is 17.1. The zero-order valence-corrected chi connectivity index (χ0v) is 18.7. The molecule has 0 saturated carbocycles. The van der Waals surface area contributed by atoms with E-state index in [-0.39, 0.29) is 5.91 Å². The van der Waals surface area contributed by atoms with Gasteiger partial charge in [0.2, 0.25) is 15.9 Å². The number of rotatable bonds is 8. The van der Waals surface area contributed by atoms with Crippen molar-refractivity contribution in [1.29, 1.82) is 0 Å². The number of ether oxygens (including phenoxy) is 1. The van der Waals surface area contributed by atoms with Crippen molar-refractivity contribution < 1.29 is 17.9 Å². The smallest absolute Gasteiger partial charge is 0.243 e. The van der Waals surface area contributed by atoms with Crippen LogP contribution in [0.5, 0.6) is 5.75 Å². The Hall–Kier alpha value is -2.09. The fourth-order valence-electron chi connectivity index (χ4n) is 3.35. The molecule has 30 heavy (non-hydrogen) atoms. The van der Waals surface area contributed by atoms with E-state index in [1.54, 1.807) is 29.2 Å². The van der Waals surface area contributed by atoms with Crippen molar-refractivity contribution in [1.82, 2.24) is 9.21 Å². The Kier molecular flexibility index (Phi) is 7.75. The third-order valence-corrected chi connectivity index (χ3v) is 7.42. The van der Waals surface area contributed by atoms with Gasteiger partial charge in [0.1, 0.15) is 5.75 Å². The van der Waals surface area contributed by atoms with E-state index >= 15 is 0 Å². The van der Waals surface area contributed by atoms with E-state index in [1.807, 2.05) is 31.2 Å². The van der Waals surface area contributed by atoms with Crippen LogP contribution in [-0.2, 0) is 21.2 Å². The number of carbonyl (C=O) groups excluding carboxylic acids is 1. The summed E-state index contributed by atoms with van der Waals surface area (Å²) in [6, 6.07) is 14.2. The van der Waals surface area contributed by atoms with E-state index in [1.165, 1.54) is 4.31 Å². The van der Waals surface area contributed by atoms with Gasteiger partial charge in [-0.25, -0.2) is 8.42 Å². The Bertz CT molecular complexity index is 955. The third-order valence-electron chi connectivity index (χ3n) is 5.19. The molecule has 1 fully saturated rings. The number of amides is 1. The Labute approximate surface area is 183 Å². The highest BCUT2D eigenvalue weighted by Crippen LogP contribution is 2.23. The van der Waals surface area contributed by atoms with Crippen LogP contribution in [0.15, 0.2) is 53.4 Å². The van der Waals surface area contributed by atoms with Gasteiger partial charge in [-0.15, -0.1) is 0 Å². The summed E-state index contributed by atoms with van der Waals surface area (Å²) in [6.45, 7) is 3.84. The van der Waals surface area contributed by atoms with Gasteiger partial charge in [0.25, 0.3) is 0 Å². The monoisotopic (exact) mass is 450 g/mol. The molecule has 0 N–H and O–H groups in total. The summed E-state index contributed by atoms with van der Waals surface area (Å²) in [7, 11) is -3.53. The SMILES string of the molecule is CCc1ccc(S(=O)(=O)N2CCN(C(=O)CCCOc3ccccc3Cl)CC2)cc1. The Balaban J connectivity index is 1.45. The molecule has 0 atom stereocenters. The van der Waals surface area contributed by atoms with Gasteiger partial charge in [-0.2, -0.15) is 4.31 Å². The highest BCUT2D eigenvalue weighted by atomic mass is 35.5. The van der Waals surface area contributed by atoms with Gasteiger partial charge in [-0.05, 0) is 42.7 Å². The van der Waals surface area contributed by atoms with Crippen LogP contribution >= 0.6 is 11.6 Å². The molecule has 2 aromatic rings. The molecule has 1 aliphatic rings. The minimum absolute atomic E-state index is 0.0158. The normalized spacial score (nSPS) is 15.2. The molecule has 0 spiro atoms. The van der Waals surface area contributed by atoms with Crippen LogP contribution in [0.3, 0.4) is 0 Å². The Morgan fingerprint density at radius 1 is 1.03 bits per heavy atom. The van der Waals surface area contributed by atoms with Gasteiger partial charge < -0.3 is 9.64 Å². The number of hydrogen-bond acceptors (Lipinski definition) is 4. The Morgan fingerprint density at radius 3 is 2.33 bits per heavy atom. The first-order chi connectivity index (χ1) is 14.4. The molecule has 2 aromatic carbocycles. The highest BCUT2D eigenvalue weighted by molar-refractivity contribution is 7.89. The van der Waals surface area contributed by atoms with Crippen molar-refractivity contribution in [3.63, 3.8) is 0 Å². The van der Waals surface area contributed by atoms with Crippen molar-refractivity contribution in [3.8, 4) is 5.75 Å². The molecule has 0 radical (unpaired) electrons. The summed E-state index contributed by atoms with van der Waals surface area (Å²) >= 11 is 6.04. The number of carbonyl (C=O) groups is 1. The lowest BCUT2D eigenvalue weighted by molar-refractivity contribution is -0.132. The second-order valence-electron chi connectivity index (χ2n) is 7.16. The summed E-state index contributed by atoms with van der Waals surface area (Å²) in [4.78, 5) is 14.5. The van der Waals surface area contributed by atoms with Crippen molar-refractivity contribution in [3.05, 3.63) is 59.1 Å². The second kappa shape index (κ2) is 10.3. The lowest BCUT2D eigenvalue weighted by atomic mass is 10.2. The fraction of sp³-hybridized carbons (Fsp3) is 0.409. The van der Waals surface area contributed by atoms with Gasteiger partial charge in [0.05, 0.1) is 16.5 Å². The molecule has 3 rings (SSSR count). The van der Waals surface area contributed by atoms with E-state index in [2.05, 4.69) is 0 Å². The highest BCUT2D eigenvalue weighted by Gasteiger charge is 2.29. The molecule has 0 aromatic heterocycles. The van der Waals surface area contributed by atoms with Crippen LogP contribution in [0.25, 0.3) is 0 Å². The summed E-state index contributed by atoms with van der Waals surface area (Å²) in [5, 5.41) is 0.547. The molecular formula is C22H27ClN2O4S. The van der Waals surface area contributed by atoms with E-state index in [9.17, 15) is 13.2 Å². The maximum Gasteiger partial charge on any atom is 0.243 e. The zero-order chi connectivity index (χ0) is 21.6. The first kappa shape index (κ1) is 22.6. The molecule has 0 aliphatic carbocycles. The first-order valence-corrected chi connectivity index (χ1v) is 12.0. The summed E-state index contributed by atoms with van der Waals surface area (Å²) in [6.07, 6.45) is 1.80. The number of nitrogens with zero attached hydrogens (tertiary/aromatic N) is 2. The van der Waals surface area contributed by atoms with Crippen LogP contribution < -0.4 is 4.74 Å². The lowest BCUT2D eigenvalue weighted by Gasteiger charge is -2.34. The minimum atomic E-state index is -3.53. The summed E-state index contributed by atoms with van der Waals surface area (Å²) in [5.41, 5.74) is 1.10. The Morgan fingerprint density at radius 2 is 1.70 bits per heavy atom. The number of piperazine rings is 1. The maximum atomic E-state index is 12.8. The first-order valence-electron chi connectivity index (χ1n) is 10.2. The van der Waals surface area contributed by atoms with Gasteiger partial charge in [-0.1, -0.05) is 42.8 Å². The van der Waals surface area contributed by atoms with Gasteiger partial charge in [0, 0.05) is 32.6 Å². The van der Waals surface area contributed by atoms with Gasteiger partial charge in [0.15, 0.2) is 0 Å². The lowest BCUT2D eigenvalue weighted by Crippen LogP contribution is -2.50. The predicted molar refractivity (Wildman–Crippen MR) is 117 cm³/mol. The topological polar surface area (TPSA) is 66.9 Å². The second-order valence-corrected chi connectivity index (χ2v) is 9.51. The predicted octanol–water partition coefficient (Wildman–Crippen LogP) is 3.59. The number of hydrogen-bond donors (Lipinski definition) is 0. The fourth-order valence-corrected chi connectivity index (χ4v) is 4.96. The van der Waals surface area contributed by atoms with Crippen LogP contribution in [0.2, 0.25) is 5.02 Å². The number of benzene rings is 2. The van der Waals surface area contributed by atoms with Gasteiger partial charge >= 0.3 is 0 Å². The van der Waals surface area contributed by atoms with Gasteiger partial charge in [-0.3, -0.25) is 4.79 Å². The van der Waals surface area contributed by atoms with Crippen molar-refractivity contribution >= 4 is 27.5 Å². The van der Waals surface area contributed by atoms with Crippen LogP contribution in [0, 0.1) is 0 Å². The van der Waals surface area contributed by atoms with E-state index in [0.29, 0.717) is 61.3 Å². The molecule has 162 valence electrons. The van der Waals surface area contributed by atoms with Crippen molar-refractivity contribution in [2.24, 2.45) is 0 Å². The van der Waals surface area contributed by atoms with E-state index in [4.69, 9.17) is 16.3 Å². The maximum absolute atomic E-state index is 12.8. The molecule has 0 bridgehead atoms. The number of aryl methyl sites for hydroxylation is 1. The summed E-state index contributed by atoms with van der Waals surface area (Å²) < 4.78 is 32.7. The molecule has 1 aliphatic heterocycles. The molecule has 1 amide bonds. The number of para-hydroxylation sites is 1. The molecule has 8 heteroatoms. The molecule has 0 unspecified atom stereocenters. The molecular weight excluding hydrogens is 424 g/mol. The average molecular weight is 451 g/mol. The standard InChI is InChI=1S/C22H27ClN2O4S/c1-2-18-9-11-19(12-10-18)30(27,28)25-15-13-24(14-16-25)22(26)8-5-17-29-21-7-4-3-6-20(21)23/h3-4,6-7,9-12H,2,5,8,13-17H2,1H3. The number of sulfonamides is 1. The number of halogens is 1. The largest absolute Gasteiger partial charge is 0.492 e. The van der Waals surface area contributed by atoms with Crippen LogP contribution in [0.4, 0.5) is 0 Å². The molecule has 1 heterocycles. The molecule has 1 saturated heterocycles. The average Bonchev–Trinajstić information content (AvgIpc) is 2.77. The summed E-state index contributed by atoms with van der Waals surface area (Å²) in [5.74, 6) is 0.625. The van der Waals surface area contributed by atoms with Crippen LogP contribution in [0.1, 0.15) is 25.3 Å². The van der Waals surface area contributed by atoms with E-state index < -0.39 is 10.0 Å². The quantitative estimate of drug-likeness (QED) is 0.576.